The Morgan fingerprint density at radius 2 is 1.11 bits per heavy atom. The first-order valence-corrected chi connectivity index (χ1v) is 22.4. The number of nitrogens with zero attached hydrogens (tertiary/aromatic N) is 5. The average Bonchev–Trinajstić information content (AvgIpc) is 3.88. The van der Waals surface area contributed by atoms with Crippen molar-refractivity contribution in [3.05, 3.63) is 228 Å². The molecule has 3 unspecified atom stereocenters. The third kappa shape index (κ3) is 6.34. The van der Waals surface area contributed by atoms with E-state index in [0.717, 1.165) is 28.8 Å². The molecule has 0 N–H and O–H groups in total. The fraction of sp³-hybridized carbons (Fsp3) is 0.102. The number of allylic oxidation sites excluding steroid dienone is 5. The van der Waals surface area contributed by atoms with E-state index in [4.69, 9.17) is 15.0 Å². The van der Waals surface area contributed by atoms with Gasteiger partial charge in [0.1, 0.15) is 0 Å². The normalized spacial score (nSPS) is 17.4. The van der Waals surface area contributed by atoms with Crippen LogP contribution in [0.2, 0.25) is 0 Å². The van der Waals surface area contributed by atoms with Crippen LogP contribution in [0.3, 0.4) is 0 Å². The number of fused-ring (bicyclic) bond motifs is 6. The number of hydrogen-bond donors (Lipinski definition) is 0. The van der Waals surface area contributed by atoms with E-state index in [1.54, 1.807) is 0 Å². The Morgan fingerprint density at radius 1 is 0.516 bits per heavy atom. The van der Waals surface area contributed by atoms with E-state index in [2.05, 4.69) is 193 Å². The van der Waals surface area contributed by atoms with Crippen molar-refractivity contribution in [2.75, 3.05) is 4.90 Å². The van der Waals surface area contributed by atoms with Gasteiger partial charge in [0.15, 0.2) is 17.5 Å². The molecule has 2 aliphatic carbocycles. The maximum atomic E-state index is 5.03. The second-order valence-corrected chi connectivity index (χ2v) is 17.3. The molecule has 7 aromatic carbocycles. The first-order chi connectivity index (χ1) is 31.6. The summed E-state index contributed by atoms with van der Waals surface area (Å²) >= 11 is 0. The Kier molecular flexibility index (Phi) is 9.15. The minimum absolute atomic E-state index is 0.200. The van der Waals surface area contributed by atoms with E-state index >= 15 is 0 Å². The van der Waals surface area contributed by atoms with Crippen LogP contribution in [-0.2, 0) is 6.42 Å². The monoisotopic (exact) mass is 823 g/mol. The summed E-state index contributed by atoms with van der Waals surface area (Å²) in [6, 6.07) is 64.7. The third-order valence-corrected chi connectivity index (χ3v) is 13.4. The summed E-state index contributed by atoms with van der Waals surface area (Å²) in [6.45, 7) is 4.75. The summed E-state index contributed by atoms with van der Waals surface area (Å²) in [4.78, 5) is 17.5. The Hall–Kier alpha value is -7.89. The van der Waals surface area contributed by atoms with Crippen molar-refractivity contribution in [2.45, 2.75) is 26.2 Å². The quantitative estimate of drug-likeness (QED) is 0.161. The summed E-state index contributed by atoms with van der Waals surface area (Å²) in [6.07, 6.45) is 10.5. The average molecular weight is 824 g/mol. The van der Waals surface area contributed by atoms with Gasteiger partial charge in [-0.25, -0.2) is 15.0 Å². The highest BCUT2D eigenvalue weighted by molar-refractivity contribution is 6.00. The predicted octanol–water partition coefficient (Wildman–Crippen LogP) is 14.5. The van der Waals surface area contributed by atoms with Crippen LogP contribution in [0.1, 0.15) is 42.1 Å². The lowest BCUT2D eigenvalue weighted by atomic mass is 9.76. The van der Waals surface area contributed by atoms with Crippen molar-refractivity contribution in [1.29, 1.82) is 0 Å². The molecular formula is C59H45N5. The lowest BCUT2D eigenvalue weighted by Gasteiger charge is -2.31. The van der Waals surface area contributed by atoms with Gasteiger partial charge < -0.3 is 9.47 Å². The third-order valence-electron chi connectivity index (χ3n) is 13.4. The summed E-state index contributed by atoms with van der Waals surface area (Å²) in [5, 5.41) is 1.32. The molecule has 0 bridgehead atoms. The fourth-order valence-electron chi connectivity index (χ4n) is 10.3. The molecule has 5 nitrogen and oxygen atoms in total. The molecule has 3 heterocycles. The van der Waals surface area contributed by atoms with Crippen molar-refractivity contribution >= 4 is 33.9 Å². The molecule has 64 heavy (non-hydrogen) atoms. The second kappa shape index (κ2) is 15.5. The van der Waals surface area contributed by atoms with E-state index in [9.17, 15) is 0 Å². The van der Waals surface area contributed by atoms with Gasteiger partial charge in [-0.1, -0.05) is 166 Å². The van der Waals surface area contributed by atoms with Gasteiger partial charge in [-0.05, 0) is 101 Å². The van der Waals surface area contributed by atoms with Crippen molar-refractivity contribution in [2.24, 2.45) is 11.8 Å². The molecule has 0 saturated heterocycles. The largest absolute Gasteiger partial charge is 0.313 e. The van der Waals surface area contributed by atoms with E-state index < -0.39 is 0 Å². The lowest BCUT2D eigenvalue weighted by Crippen LogP contribution is -2.20. The zero-order valence-electron chi connectivity index (χ0n) is 35.8. The highest BCUT2D eigenvalue weighted by Gasteiger charge is 2.41. The smallest absolute Gasteiger partial charge is 0.164 e. The topological polar surface area (TPSA) is 46.8 Å². The number of benzene rings is 7. The molecular weight excluding hydrogens is 779 g/mol. The molecule has 306 valence electrons. The molecule has 0 fully saturated rings. The van der Waals surface area contributed by atoms with Crippen LogP contribution >= 0.6 is 0 Å². The van der Waals surface area contributed by atoms with E-state index in [1.165, 1.54) is 67.1 Å². The molecule has 12 rings (SSSR count). The zero-order valence-corrected chi connectivity index (χ0v) is 35.8. The van der Waals surface area contributed by atoms with E-state index in [1.807, 2.05) is 36.4 Å². The van der Waals surface area contributed by atoms with E-state index in [0.29, 0.717) is 23.4 Å². The lowest BCUT2D eigenvalue weighted by molar-refractivity contribution is 0.636. The fourth-order valence-corrected chi connectivity index (χ4v) is 10.3. The molecule has 0 spiro atoms. The molecule has 0 radical (unpaired) electrons. The molecule has 0 saturated carbocycles. The molecule has 3 atom stereocenters. The summed E-state index contributed by atoms with van der Waals surface area (Å²) in [5.74, 6) is 2.83. The summed E-state index contributed by atoms with van der Waals surface area (Å²) in [5.41, 5.74) is 18.1. The number of aromatic nitrogens is 4. The minimum atomic E-state index is 0.200. The summed E-state index contributed by atoms with van der Waals surface area (Å²) < 4.78 is 2.50. The molecule has 1 aliphatic heterocycles. The molecule has 2 aromatic heterocycles. The predicted molar refractivity (Wildman–Crippen MR) is 263 cm³/mol. The zero-order chi connectivity index (χ0) is 42.7. The van der Waals surface area contributed by atoms with Crippen LogP contribution in [0.15, 0.2) is 206 Å². The Morgan fingerprint density at radius 3 is 1.80 bits per heavy atom. The van der Waals surface area contributed by atoms with Crippen molar-refractivity contribution in [3.63, 3.8) is 0 Å². The number of anilines is 2. The van der Waals surface area contributed by atoms with Crippen molar-refractivity contribution < 1.29 is 0 Å². The molecule has 5 heteroatoms. The van der Waals surface area contributed by atoms with Crippen molar-refractivity contribution in [1.82, 2.24) is 19.5 Å². The number of rotatable bonds is 7. The van der Waals surface area contributed by atoms with Gasteiger partial charge in [0.05, 0.1) is 5.52 Å². The number of para-hydroxylation sites is 2. The van der Waals surface area contributed by atoms with Gasteiger partial charge in [0.2, 0.25) is 0 Å². The van der Waals surface area contributed by atoms with Crippen LogP contribution in [0.25, 0.3) is 73.5 Å². The van der Waals surface area contributed by atoms with Crippen LogP contribution < -0.4 is 4.90 Å². The van der Waals surface area contributed by atoms with Gasteiger partial charge in [-0.2, -0.15) is 0 Å². The summed E-state index contributed by atoms with van der Waals surface area (Å²) in [7, 11) is 0. The van der Waals surface area contributed by atoms with Crippen LogP contribution in [-0.4, -0.2) is 19.5 Å². The number of hydrogen-bond acceptors (Lipinski definition) is 4. The van der Waals surface area contributed by atoms with E-state index in [-0.39, 0.29) is 11.8 Å². The Balaban J connectivity index is 0.979. The maximum absolute atomic E-state index is 5.03. The molecule has 0 amide bonds. The van der Waals surface area contributed by atoms with Gasteiger partial charge in [-0.15, -0.1) is 0 Å². The SMILES string of the molecule is CC1C=Cc2c(c3cccc(C4=CC=C5C(c6ccccc6N5c5cccc(-c6ccccc6)c5)C4C)c3n2-c2ccc(-c3nc(-c4ccccc4)nc(-c4ccccc4)n3)cc2)C1. The maximum Gasteiger partial charge on any atom is 0.164 e. The highest BCUT2D eigenvalue weighted by atomic mass is 15.2. The van der Waals surface area contributed by atoms with Crippen molar-refractivity contribution in [3.8, 4) is 51.0 Å². The van der Waals surface area contributed by atoms with Crippen LogP contribution in [0.4, 0.5) is 11.4 Å². The van der Waals surface area contributed by atoms with Gasteiger partial charge in [0, 0.05) is 62.0 Å². The van der Waals surface area contributed by atoms with Crippen LogP contribution in [0, 0.1) is 11.8 Å². The Labute approximate surface area is 374 Å². The van der Waals surface area contributed by atoms with Gasteiger partial charge >= 0.3 is 0 Å². The molecule has 9 aromatic rings. The standard InChI is InChI=1S/C59H45N5/c1-38-28-34-53-51(36-38)49-26-15-25-48(47-33-35-54-55(39(47)2)50-24-12-13-27-52(50)63(54)46-23-14-22-44(37-46)40-16-6-3-7-17-40)56(49)64(53)45-31-29-43(30-32-45)59-61-57(41-18-8-4-9-19-41)60-58(62-59)42-20-10-5-11-21-42/h3-35,37-39,55H,36H2,1-2H3. The second-order valence-electron chi connectivity index (χ2n) is 17.3. The minimum Gasteiger partial charge on any atom is -0.313 e. The highest BCUT2D eigenvalue weighted by Crippen LogP contribution is 2.56. The molecule has 3 aliphatic rings. The van der Waals surface area contributed by atoms with Gasteiger partial charge in [-0.3, -0.25) is 0 Å². The Bertz CT molecular complexity index is 3270. The first-order valence-electron chi connectivity index (χ1n) is 22.4. The van der Waals surface area contributed by atoms with Crippen LogP contribution in [0.5, 0.6) is 0 Å². The first kappa shape index (κ1) is 37.8. The van der Waals surface area contributed by atoms with Gasteiger partial charge in [0.25, 0.3) is 0 Å².